The molecule has 0 bridgehead atoms. The molecule has 1 heterocycles. The first kappa shape index (κ1) is 21.1. The fraction of sp³-hybridized carbons (Fsp3) is 0.261. The molecular weight excluding hydrogens is 382 g/mol. The second-order valence-electron chi connectivity index (χ2n) is 7.22. The van der Waals surface area contributed by atoms with Crippen LogP contribution in [-0.4, -0.2) is 47.8 Å². The number of nitrogens with zero attached hydrogens (tertiary/aromatic N) is 2. The number of urea groups is 1. The predicted molar refractivity (Wildman–Crippen MR) is 113 cm³/mol. The molecular formula is C23H25N3O4. The van der Waals surface area contributed by atoms with E-state index in [1.54, 1.807) is 49.3 Å². The molecule has 1 aliphatic rings. The lowest BCUT2D eigenvalue weighted by Gasteiger charge is -2.25. The maximum atomic E-state index is 13.1. The van der Waals surface area contributed by atoms with Crippen molar-refractivity contribution in [1.82, 2.24) is 15.1 Å². The number of carbonyl (C=O) groups is 3. The number of benzene rings is 2. The quantitative estimate of drug-likeness (QED) is 0.539. The van der Waals surface area contributed by atoms with Crippen molar-refractivity contribution >= 4 is 17.8 Å². The van der Waals surface area contributed by atoms with Gasteiger partial charge in [0.25, 0.3) is 5.91 Å². The van der Waals surface area contributed by atoms with Crippen molar-refractivity contribution in [3.8, 4) is 5.75 Å². The molecule has 3 rings (SSSR count). The van der Waals surface area contributed by atoms with E-state index in [0.717, 1.165) is 10.5 Å². The maximum Gasteiger partial charge on any atom is 0.325 e. The van der Waals surface area contributed by atoms with E-state index in [-0.39, 0.29) is 12.5 Å². The molecule has 2 aromatic rings. The third-order valence-electron chi connectivity index (χ3n) is 5.15. The number of imide groups is 1. The predicted octanol–water partition coefficient (Wildman–Crippen LogP) is 2.68. The van der Waals surface area contributed by atoms with E-state index >= 15 is 0 Å². The standard InChI is InChI=1S/C23H25N3O4/c1-4-14-25(15-17-8-6-5-7-9-17)20(27)16-26-21(28)23(2,24-22(26)29)18-10-12-19(30-3)13-11-18/h4-13H,1,14-16H2,2-3H3,(H,24,29). The van der Waals surface area contributed by atoms with Crippen LogP contribution in [0.2, 0.25) is 0 Å². The number of nitrogens with one attached hydrogen (secondary N) is 1. The van der Waals surface area contributed by atoms with Crippen LogP contribution in [0.15, 0.2) is 67.3 Å². The lowest BCUT2D eigenvalue weighted by molar-refractivity contribution is -0.139. The fourth-order valence-electron chi connectivity index (χ4n) is 3.41. The first-order chi connectivity index (χ1) is 14.4. The van der Waals surface area contributed by atoms with Gasteiger partial charge in [-0.3, -0.25) is 14.5 Å². The third-order valence-corrected chi connectivity index (χ3v) is 5.15. The second kappa shape index (κ2) is 8.82. The molecule has 2 aromatic carbocycles. The van der Waals surface area contributed by atoms with E-state index in [1.807, 2.05) is 30.3 Å². The Morgan fingerprint density at radius 2 is 1.83 bits per heavy atom. The number of hydrogen-bond donors (Lipinski definition) is 1. The largest absolute Gasteiger partial charge is 0.497 e. The molecule has 4 amide bonds. The lowest BCUT2D eigenvalue weighted by Crippen LogP contribution is -2.44. The monoisotopic (exact) mass is 407 g/mol. The summed E-state index contributed by atoms with van der Waals surface area (Å²) in [4.78, 5) is 41.1. The van der Waals surface area contributed by atoms with Gasteiger partial charge in [0.2, 0.25) is 5.91 Å². The molecule has 30 heavy (non-hydrogen) atoms. The number of methoxy groups -OCH3 is 1. The Balaban J connectivity index is 1.76. The van der Waals surface area contributed by atoms with Crippen LogP contribution < -0.4 is 10.1 Å². The molecule has 0 aliphatic carbocycles. The van der Waals surface area contributed by atoms with Crippen molar-refractivity contribution in [3.05, 3.63) is 78.4 Å². The summed E-state index contributed by atoms with van der Waals surface area (Å²) in [5.74, 6) is -0.155. The summed E-state index contributed by atoms with van der Waals surface area (Å²) >= 11 is 0. The summed E-state index contributed by atoms with van der Waals surface area (Å²) in [6.07, 6.45) is 1.62. The van der Waals surface area contributed by atoms with E-state index in [9.17, 15) is 14.4 Å². The summed E-state index contributed by atoms with van der Waals surface area (Å²) in [7, 11) is 1.55. The molecule has 1 atom stereocenters. The molecule has 0 radical (unpaired) electrons. The van der Waals surface area contributed by atoms with Crippen LogP contribution in [0.1, 0.15) is 18.1 Å². The normalized spacial score (nSPS) is 18.1. The van der Waals surface area contributed by atoms with Crippen LogP contribution in [0, 0.1) is 0 Å². The molecule has 156 valence electrons. The minimum absolute atomic E-state index is 0.313. The zero-order valence-corrected chi connectivity index (χ0v) is 17.1. The topological polar surface area (TPSA) is 79.0 Å². The number of rotatable bonds is 8. The first-order valence-corrected chi connectivity index (χ1v) is 9.60. The van der Waals surface area contributed by atoms with Gasteiger partial charge in [-0.05, 0) is 30.2 Å². The van der Waals surface area contributed by atoms with Crippen molar-refractivity contribution in [3.63, 3.8) is 0 Å². The van der Waals surface area contributed by atoms with Crippen molar-refractivity contribution in [2.75, 3.05) is 20.2 Å². The van der Waals surface area contributed by atoms with E-state index in [0.29, 0.717) is 24.4 Å². The van der Waals surface area contributed by atoms with E-state index in [4.69, 9.17) is 4.74 Å². The molecule has 1 N–H and O–H groups in total. The van der Waals surface area contributed by atoms with E-state index < -0.39 is 17.5 Å². The van der Waals surface area contributed by atoms with Gasteiger partial charge in [-0.2, -0.15) is 0 Å². The molecule has 1 unspecified atom stereocenters. The molecule has 0 saturated carbocycles. The van der Waals surface area contributed by atoms with Gasteiger partial charge in [0.05, 0.1) is 7.11 Å². The minimum atomic E-state index is -1.24. The Hall–Kier alpha value is -3.61. The highest BCUT2D eigenvalue weighted by molar-refractivity contribution is 6.09. The zero-order chi connectivity index (χ0) is 21.7. The van der Waals surface area contributed by atoms with Crippen LogP contribution in [0.25, 0.3) is 0 Å². The number of ether oxygens (including phenoxy) is 1. The Labute approximate surface area is 175 Å². The van der Waals surface area contributed by atoms with Crippen LogP contribution in [0.5, 0.6) is 5.75 Å². The van der Waals surface area contributed by atoms with Gasteiger partial charge in [0, 0.05) is 13.1 Å². The van der Waals surface area contributed by atoms with Gasteiger partial charge < -0.3 is 15.0 Å². The highest BCUT2D eigenvalue weighted by Crippen LogP contribution is 2.30. The number of amides is 4. The minimum Gasteiger partial charge on any atom is -0.497 e. The number of carbonyl (C=O) groups excluding carboxylic acids is 3. The smallest absolute Gasteiger partial charge is 0.325 e. The Morgan fingerprint density at radius 1 is 1.17 bits per heavy atom. The Kier molecular flexibility index (Phi) is 6.20. The fourth-order valence-corrected chi connectivity index (χ4v) is 3.41. The van der Waals surface area contributed by atoms with Crippen LogP contribution in [0.4, 0.5) is 4.79 Å². The van der Waals surface area contributed by atoms with E-state index in [2.05, 4.69) is 11.9 Å². The van der Waals surface area contributed by atoms with Gasteiger partial charge in [-0.25, -0.2) is 4.79 Å². The third kappa shape index (κ3) is 4.20. The lowest BCUT2D eigenvalue weighted by atomic mass is 9.92. The second-order valence-corrected chi connectivity index (χ2v) is 7.22. The first-order valence-electron chi connectivity index (χ1n) is 9.60. The van der Waals surface area contributed by atoms with Crippen LogP contribution >= 0.6 is 0 Å². The van der Waals surface area contributed by atoms with Gasteiger partial charge >= 0.3 is 6.03 Å². The molecule has 1 fully saturated rings. The van der Waals surface area contributed by atoms with Crippen molar-refractivity contribution in [2.45, 2.75) is 19.0 Å². The van der Waals surface area contributed by atoms with Crippen molar-refractivity contribution in [1.29, 1.82) is 0 Å². The van der Waals surface area contributed by atoms with E-state index in [1.165, 1.54) is 0 Å². The summed E-state index contributed by atoms with van der Waals surface area (Å²) in [5.41, 5.74) is 0.323. The van der Waals surface area contributed by atoms with Gasteiger partial charge in [-0.15, -0.1) is 6.58 Å². The molecule has 0 aromatic heterocycles. The zero-order valence-electron chi connectivity index (χ0n) is 17.1. The SMILES string of the molecule is C=CCN(Cc1ccccc1)C(=O)CN1C(=O)NC(C)(c2ccc(OC)cc2)C1=O. The van der Waals surface area contributed by atoms with Crippen molar-refractivity contribution < 1.29 is 19.1 Å². The molecule has 0 spiro atoms. The summed E-state index contributed by atoms with van der Waals surface area (Å²) < 4.78 is 5.14. The highest BCUT2D eigenvalue weighted by atomic mass is 16.5. The molecule has 7 nitrogen and oxygen atoms in total. The summed E-state index contributed by atoms with van der Waals surface area (Å²) in [6.45, 7) is 5.67. The number of hydrogen-bond acceptors (Lipinski definition) is 4. The molecule has 7 heteroatoms. The Morgan fingerprint density at radius 3 is 2.43 bits per heavy atom. The van der Waals surface area contributed by atoms with Crippen LogP contribution in [0.3, 0.4) is 0 Å². The van der Waals surface area contributed by atoms with Gasteiger partial charge in [0.1, 0.15) is 17.8 Å². The molecule has 1 saturated heterocycles. The average Bonchev–Trinajstić information content (AvgIpc) is 2.98. The maximum absolute atomic E-state index is 13.1. The van der Waals surface area contributed by atoms with Crippen molar-refractivity contribution in [2.24, 2.45) is 0 Å². The molecule has 1 aliphatic heterocycles. The van der Waals surface area contributed by atoms with Gasteiger partial charge in [-0.1, -0.05) is 48.5 Å². The summed E-state index contributed by atoms with van der Waals surface area (Å²) in [5, 5.41) is 2.72. The van der Waals surface area contributed by atoms with Crippen LogP contribution in [-0.2, 0) is 21.7 Å². The Bertz CT molecular complexity index is 943. The summed E-state index contributed by atoms with van der Waals surface area (Å²) in [6, 6.07) is 15.8. The highest BCUT2D eigenvalue weighted by Gasteiger charge is 2.49. The average molecular weight is 407 g/mol. The van der Waals surface area contributed by atoms with Gasteiger partial charge in [0.15, 0.2) is 0 Å².